The van der Waals surface area contributed by atoms with Gasteiger partial charge in [-0.15, -0.1) is 0 Å². The summed E-state index contributed by atoms with van der Waals surface area (Å²) >= 11 is 0. The topological polar surface area (TPSA) is 117 Å². The maximum absolute atomic E-state index is 13.9. The van der Waals surface area contributed by atoms with Gasteiger partial charge >= 0.3 is 0 Å². The molecule has 0 fully saturated rings. The van der Waals surface area contributed by atoms with Gasteiger partial charge in [0, 0.05) is 12.6 Å². The molecule has 4 rings (SSSR count). The molecule has 3 aromatic carbocycles. The minimum Gasteiger partial charge on any atom is -0.344 e. The van der Waals surface area contributed by atoms with Crippen molar-refractivity contribution in [3.8, 4) is 0 Å². The third-order valence-corrected chi connectivity index (χ3v) is 7.16. The largest absolute Gasteiger partial charge is 0.344 e. The zero-order chi connectivity index (χ0) is 31.3. The Morgan fingerprint density at radius 1 is 0.659 bits per heavy atom. The van der Waals surface area contributed by atoms with Crippen molar-refractivity contribution in [1.29, 1.82) is 0 Å². The van der Waals surface area contributed by atoms with Crippen LogP contribution >= 0.6 is 0 Å². The minimum absolute atomic E-state index is 0.0582. The Labute approximate surface area is 258 Å². The minimum atomic E-state index is -1.14. The zero-order valence-corrected chi connectivity index (χ0v) is 25.0. The van der Waals surface area contributed by atoms with Crippen LogP contribution in [0.2, 0.25) is 0 Å². The summed E-state index contributed by atoms with van der Waals surface area (Å²) in [7, 11) is 0. The van der Waals surface area contributed by atoms with E-state index in [1.165, 1.54) is 0 Å². The van der Waals surface area contributed by atoms with Crippen molar-refractivity contribution < 1.29 is 19.2 Å². The Balaban J connectivity index is 1.54. The van der Waals surface area contributed by atoms with Gasteiger partial charge in [0.2, 0.25) is 17.6 Å². The smallest absolute Gasteiger partial charge is 0.289 e. The van der Waals surface area contributed by atoms with Crippen LogP contribution in [-0.4, -0.2) is 40.6 Å². The van der Waals surface area contributed by atoms with Gasteiger partial charge in [-0.1, -0.05) is 111 Å². The molecule has 0 aliphatic rings. The van der Waals surface area contributed by atoms with Crippen LogP contribution < -0.4 is 16.0 Å². The quantitative estimate of drug-likeness (QED) is 0.189. The van der Waals surface area contributed by atoms with Crippen LogP contribution in [0.5, 0.6) is 0 Å². The number of carbonyl (C=O) groups excluding carboxylic acids is 4. The second-order valence-corrected chi connectivity index (χ2v) is 11.1. The third-order valence-electron chi connectivity index (χ3n) is 7.16. The number of hydrogen-bond acceptors (Lipinski definition) is 5. The predicted octanol–water partition coefficient (Wildman–Crippen LogP) is 4.36. The number of Topliss-reactive ketones (excluding diaryl/α,β-unsaturated/α-hetero) is 1. The molecule has 3 N–H and O–H groups in total. The first kappa shape index (κ1) is 31.8. The highest BCUT2D eigenvalue weighted by Gasteiger charge is 2.32. The summed E-state index contributed by atoms with van der Waals surface area (Å²) in [5.74, 6) is -3.04. The number of hydrogen-bond donors (Lipinski definition) is 3. The maximum Gasteiger partial charge on any atom is 0.289 e. The maximum atomic E-state index is 13.9. The first-order chi connectivity index (χ1) is 21.3. The Hall–Kier alpha value is -5.11. The standard InChI is InChI=1S/C36H38N4O4/c1-25(2)22-31(40-35(43)32(27-16-8-4-9-17-27)28-18-10-5-11-19-28)34(42)39-30(23-26-14-6-3-7-15-26)33(41)36(44)38-24-29-20-12-13-21-37-29/h3-21,25,30-32H,22-24H2,1-2H3,(H,38,44)(H,39,42)(H,40,43)/t30-,31-/m0/s1. The molecule has 0 radical (unpaired) electrons. The molecule has 1 aromatic heterocycles. The summed E-state index contributed by atoms with van der Waals surface area (Å²) in [5.41, 5.74) is 2.97. The molecule has 226 valence electrons. The van der Waals surface area contributed by atoms with Gasteiger partial charge in [0.1, 0.15) is 12.1 Å². The van der Waals surface area contributed by atoms with E-state index in [0.29, 0.717) is 12.1 Å². The molecule has 0 aliphatic heterocycles. The van der Waals surface area contributed by atoms with Crippen LogP contribution in [-0.2, 0) is 32.1 Å². The summed E-state index contributed by atoms with van der Waals surface area (Å²) in [6.45, 7) is 3.98. The fourth-order valence-corrected chi connectivity index (χ4v) is 4.99. The number of pyridine rings is 1. The Kier molecular flexibility index (Phi) is 11.5. The van der Waals surface area contributed by atoms with Gasteiger partial charge in [-0.05, 0) is 41.2 Å². The van der Waals surface area contributed by atoms with E-state index in [0.717, 1.165) is 16.7 Å². The number of aromatic nitrogens is 1. The van der Waals surface area contributed by atoms with Crippen molar-refractivity contribution in [3.63, 3.8) is 0 Å². The van der Waals surface area contributed by atoms with Gasteiger partial charge in [-0.3, -0.25) is 24.2 Å². The molecule has 0 saturated heterocycles. The Bertz CT molecular complexity index is 1470. The third kappa shape index (κ3) is 9.19. The number of benzene rings is 3. The number of carbonyl (C=O) groups is 4. The van der Waals surface area contributed by atoms with E-state index in [4.69, 9.17) is 0 Å². The predicted molar refractivity (Wildman–Crippen MR) is 169 cm³/mol. The lowest BCUT2D eigenvalue weighted by Crippen LogP contribution is -2.55. The zero-order valence-electron chi connectivity index (χ0n) is 25.0. The van der Waals surface area contributed by atoms with E-state index in [2.05, 4.69) is 20.9 Å². The van der Waals surface area contributed by atoms with Crippen molar-refractivity contribution >= 4 is 23.5 Å². The molecule has 0 spiro atoms. The van der Waals surface area contributed by atoms with Crippen LogP contribution in [0.4, 0.5) is 0 Å². The molecular weight excluding hydrogens is 552 g/mol. The van der Waals surface area contributed by atoms with E-state index in [1.54, 1.807) is 24.4 Å². The highest BCUT2D eigenvalue weighted by molar-refractivity contribution is 6.38. The average molecular weight is 591 g/mol. The van der Waals surface area contributed by atoms with Crippen molar-refractivity contribution in [1.82, 2.24) is 20.9 Å². The second-order valence-electron chi connectivity index (χ2n) is 11.1. The van der Waals surface area contributed by atoms with Crippen molar-refractivity contribution in [2.75, 3.05) is 0 Å². The Morgan fingerprint density at radius 3 is 1.75 bits per heavy atom. The van der Waals surface area contributed by atoms with Crippen molar-refractivity contribution in [2.45, 2.75) is 51.2 Å². The molecule has 8 nitrogen and oxygen atoms in total. The van der Waals surface area contributed by atoms with Crippen LogP contribution in [0.3, 0.4) is 0 Å². The first-order valence-electron chi connectivity index (χ1n) is 14.8. The summed E-state index contributed by atoms with van der Waals surface area (Å²) in [6, 6.07) is 31.2. The lowest BCUT2D eigenvalue weighted by atomic mass is 9.90. The number of rotatable bonds is 14. The molecule has 0 aliphatic carbocycles. The van der Waals surface area contributed by atoms with Gasteiger partial charge in [-0.2, -0.15) is 0 Å². The molecule has 8 heteroatoms. The van der Waals surface area contributed by atoms with Crippen LogP contribution in [0.25, 0.3) is 0 Å². The fourth-order valence-electron chi connectivity index (χ4n) is 4.99. The lowest BCUT2D eigenvalue weighted by Gasteiger charge is -2.26. The summed E-state index contributed by atoms with van der Waals surface area (Å²) in [5, 5.41) is 8.36. The highest BCUT2D eigenvalue weighted by atomic mass is 16.2. The normalized spacial score (nSPS) is 12.3. The van der Waals surface area contributed by atoms with Crippen molar-refractivity contribution in [2.24, 2.45) is 5.92 Å². The van der Waals surface area contributed by atoms with E-state index < -0.39 is 35.6 Å². The van der Waals surface area contributed by atoms with E-state index in [9.17, 15) is 19.2 Å². The number of nitrogens with one attached hydrogen (secondary N) is 3. The average Bonchev–Trinajstić information content (AvgIpc) is 3.04. The molecule has 0 bridgehead atoms. The molecule has 0 unspecified atom stereocenters. The molecule has 4 aromatic rings. The van der Waals surface area contributed by atoms with Crippen LogP contribution in [0.1, 0.15) is 48.6 Å². The van der Waals surface area contributed by atoms with Gasteiger partial charge in [0.15, 0.2) is 0 Å². The molecular formula is C36H38N4O4. The fraction of sp³-hybridized carbons (Fsp3) is 0.250. The molecule has 44 heavy (non-hydrogen) atoms. The summed E-state index contributed by atoms with van der Waals surface area (Å²) in [4.78, 5) is 58.2. The molecule has 1 heterocycles. The SMILES string of the molecule is CC(C)C[C@H](NC(=O)C(c1ccccc1)c1ccccc1)C(=O)N[C@@H](Cc1ccccc1)C(=O)C(=O)NCc1ccccn1. The van der Waals surface area contributed by atoms with E-state index in [-0.39, 0.29) is 24.8 Å². The highest BCUT2D eigenvalue weighted by Crippen LogP contribution is 2.25. The van der Waals surface area contributed by atoms with E-state index in [1.807, 2.05) is 105 Å². The number of nitrogens with zero attached hydrogens (tertiary/aromatic N) is 1. The Morgan fingerprint density at radius 2 is 1.20 bits per heavy atom. The van der Waals surface area contributed by atoms with Crippen LogP contribution in [0.15, 0.2) is 115 Å². The molecule has 0 saturated carbocycles. The number of ketones is 1. The molecule has 2 atom stereocenters. The number of amides is 3. The first-order valence-corrected chi connectivity index (χ1v) is 14.8. The monoisotopic (exact) mass is 590 g/mol. The van der Waals surface area contributed by atoms with Gasteiger partial charge in [-0.25, -0.2) is 0 Å². The van der Waals surface area contributed by atoms with Crippen LogP contribution in [0, 0.1) is 5.92 Å². The van der Waals surface area contributed by atoms with Crippen molar-refractivity contribution in [3.05, 3.63) is 138 Å². The van der Waals surface area contributed by atoms with Gasteiger partial charge in [0.05, 0.1) is 18.2 Å². The summed E-state index contributed by atoms with van der Waals surface area (Å²) < 4.78 is 0. The summed E-state index contributed by atoms with van der Waals surface area (Å²) in [6.07, 6.45) is 2.05. The molecule has 3 amide bonds. The van der Waals surface area contributed by atoms with E-state index >= 15 is 0 Å². The lowest BCUT2D eigenvalue weighted by molar-refractivity contribution is -0.140. The second kappa shape index (κ2) is 15.9. The van der Waals surface area contributed by atoms with Gasteiger partial charge in [0.25, 0.3) is 5.91 Å². The van der Waals surface area contributed by atoms with Gasteiger partial charge < -0.3 is 16.0 Å².